The van der Waals surface area contributed by atoms with Gasteiger partial charge in [0.2, 0.25) is 0 Å². The summed E-state index contributed by atoms with van der Waals surface area (Å²) in [5.41, 5.74) is 0.740. The summed E-state index contributed by atoms with van der Waals surface area (Å²) < 4.78 is 5.59. The lowest BCUT2D eigenvalue weighted by atomic mass is 10.1. The Morgan fingerprint density at radius 2 is 2.00 bits per heavy atom. The Morgan fingerprint density at radius 1 is 1.21 bits per heavy atom. The van der Waals surface area contributed by atoms with E-state index in [1.165, 1.54) is 0 Å². The molecular formula is C21H22ClN3O3. The van der Waals surface area contributed by atoms with Gasteiger partial charge in [0.25, 0.3) is 11.5 Å². The number of halogens is 1. The standard InChI is InChI=1S/C21H22ClN3O3/c1-3-11-25(21(27)16-7-5-6-8-18(16)28-4-2)13-19-23-17-12-14(22)9-10-15(17)20(26)24-19/h5-10,12H,3-4,11,13H2,1-2H3,(H,23,24,26). The third-order valence-electron chi connectivity index (χ3n) is 4.26. The number of H-pyrrole nitrogens is 1. The lowest BCUT2D eigenvalue weighted by Crippen LogP contribution is -2.33. The van der Waals surface area contributed by atoms with Crippen molar-refractivity contribution in [2.24, 2.45) is 0 Å². The van der Waals surface area contributed by atoms with Gasteiger partial charge in [-0.2, -0.15) is 0 Å². The predicted octanol–water partition coefficient (Wildman–Crippen LogP) is 4.03. The number of carbonyl (C=O) groups is 1. The van der Waals surface area contributed by atoms with Gasteiger partial charge < -0.3 is 14.6 Å². The fourth-order valence-corrected chi connectivity index (χ4v) is 3.20. The average Bonchev–Trinajstić information content (AvgIpc) is 2.67. The molecule has 0 aliphatic rings. The van der Waals surface area contributed by atoms with Crippen LogP contribution in [0.3, 0.4) is 0 Å². The molecule has 2 aromatic carbocycles. The number of ether oxygens (including phenoxy) is 1. The first-order chi connectivity index (χ1) is 13.5. The van der Waals surface area contributed by atoms with E-state index in [9.17, 15) is 9.59 Å². The molecule has 0 radical (unpaired) electrons. The van der Waals surface area contributed by atoms with Crippen LogP contribution in [0.2, 0.25) is 5.02 Å². The second-order valence-electron chi connectivity index (χ2n) is 6.33. The van der Waals surface area contributed by atoms with Crippen molar-refractivity contribution in [3.63, 3.8) is 0 Å². The van der Waals surface area contributed by atoms with Gasteiger partial charge in [-0.05, 0) is 43.7 Å². The molecule has 1 amide bonds. The van der Waals surface area contributed by atoms with Crippen LogP contribution in [-0.2, 0) is 6.54 Å². The minimum absolute atomic E-state index is 0.167. The number of amides is 1. The third-order valence-corrected chi connectivity index (χ3v) is 4.49. The highest BCUT2D eigenvalue weighted by Crippen LogP contribution is 2.21. The van der Waals surface area contributed by atoms with Crippen LogP contribution in [0.15, 0.2) is 47.3 Å². The molecule has 7 heteroatoms. The Kier molecular flexibility index (Phi) is 6.31. The van der Waals surface area contributed by atoms with E-state index < -0.39 is 0 Å². The highest BCUT2D eigenvalue weighted by molar-refractivity contribution is 6.31. The Balaban J connectivity index is 1.94. The van der Waals surface area contributed by atoms with Crippen LogP contribution >= 0.6 is 11.6 Å². The van der Waals surface area contributed by atoms with Gasteiger partial charge in [-0.15, -0.1) is 0 Å². The Morgan fingerprint density at radius 3 is 2.75 bits per heavy atom. The number of nitrogens with one attached hydrogen (secondary N) is 1. The molecule has 0 unspecified atom stereocenters. The summed E-state index contributed by atoms with van der Waals surface area (Å²) in [5, 5.41) is 0.965. The summed E-state index contributed by atoms with van der Waals surface area (Å²) in [4.78, 5) is 34.4. The molecule has 0 bridgehead atoms. The maximum Gasteiger partial charge on any atom is 0.258 e. The van der Waals surface area contributed by atoms with Crippen molar-refractivity contribution >= 4 is 28.4 Å². The molecule has 1 N–H and O–H groups in total. The van der Waals surface area contributed by atoms with E-state index in [2.05, 4.69) is 9.97 Å². The minimum atomic E-state index is -0.254. The second kappa shape index (κ2) is 8.89. The summed E-state index contributed by atoms with van der Waals surface area (Å²) in [6.45, 7) is 5.05. The van der Waals surface area contributed by atoms with Crippen molar-refractivity contribution in [2.75, 3.05) is 13.2 Å². The number of aromatic amines is 1. The van der Waals surface area contributed by atoms with Crippen molar-refractivity contribution < 1.29 is 9.53 Å². The predicted molar refractivity (Wildman–Crippen MR) is 110 cm³/mol. The average molecular weight is 400 g/mol. The summed E-state index contributed by atoms with van der Waals surface area (Å²) in [5.74, 6) is 0.790. The highest BCUT2D eigenvalue weighted by atomic mass is 35.5. The molecule has 1 aromatic heterocycles. The first-order valence-corrected chi connectivity index (χ1v) is 9.60. The molecule has 28 heavy (non-hydrogen) atoms. The van der Waals surface area contributed by atoms with Crippen LogP contribution in [0.25, 0.3) is 10.9 Å². The lowest BCUT2D eigenvalue weighted by Gasteiger charge is -2.23. The summed E-state index contributed by atoms with van der Waals surface area (Å²) >= 11 is 6.03. The molecule has 3 rings (SSSR count). The van der Waals surface area contributed by atoms with Crippen molar-refractivity contribution in [3.05, 3.63) is 69.2 Å². The van der Waals surface area contributed by atoms with Crippen LogP contribution in [0.5, 0.6) is 5.75 Å². The molecule has 146 valence electrons. The summed E-state index contributed by atoms with van der Waals surface area (Å²) in [7, 11) is 0. The number of hydrogen-bond acceptors (Lipinski definition) is 4. The number of para-hydroxylation sites is 1. The zero-order chi connectivity index (χ0) is 20.1. The van der Waals surface area contributed by atoms with Gasteiger partial charge in [0.05, 0.1) is 29.6 Å². The largest absolute Gasteiger partial charge is 0.493 e. The van der Waals surface area contributed by atoms with Gasteiger partial charge >= 0.3 is 0 Å². The Hall–Kier alpha value is -2.86. The van der Waals surface area contributed by atoms with Crippen molar-refractivity contribution in [1.29, 1.82) is 0 Å². The van der Waals surface area contributed by atoms with Gasteiger partial charge in [0, 0.05) is 11.6 Å². The zero-order valence-electron chi connectivity index (χ0n) is 15.9. The number of nitrogens with zero attached hydrogens (tertiary/aromatic N) is 2. The van der Waals surface area contributed by atoms with Gasteiger partial charge in [0.1, 0.15) is 11.6 Å². The van der Waals surface area contributed by atoms with E-state index in [0.717, 1.165) is 6.42 Å². The number of fused-ring (bicyclic) bond motifs is 1. The number of aromatic nitrogens is 2. The SMILES string of the molecule is CCCN(Cc1nc2cc(Cl)ccc2c(=O)[nH]1)C(=O)c1ccccc1OCC. The molecule has 0 saturated heterocycles. The first kappa shape index (κ1) is 19.9. The maximum absolute atomic E-state index is 13.1. The highest BCUT2D eigenvalue weighted by Gasteiger charge is 2.20. The van der Waals surface area contributed by atoms with Gasteiger partial charge in [0.15, 0.2) is 0 Å². The van der Waals surface area contributed by atoms with Crippen LogP contribution in [0.1, 0.15) is 36.5 Å². The van der Waals surface area contributed by atoms with Crippen LogP contribution in [-0.4, -0.2) is 33.9 Å². The van der Waals surface area contributed by atoms with E-state index in [-0.39, 0.29) is 18.0 Å². The van der Waals surface area contributed by atoms with Gasteiger partial charge in [-0.1, -0.05) is 30.7 Å². The topological polar surface area (TPSA) is 75.3 Å². The van der Waals surface area contributed by atoms with E-state index in [1.807, 2.05) is 19.9 Å². The van der Waals surface area contributed by atoms with Crippen molar-refractivity contribution in [2.45, 2.75) is 26.8 Å². The number of rotatable bonds is 7. The molecule has 0 saturated carbocycles. The molecule has 3 aromatic rings. The normalized spacial score (nSPS) is 10.8. The molecule has 0 spiro atoms. The number of hydrogen-bond donors (Lipinski definition) is 1. The molecule has 1 heterocycles. The Labute approximate surface area is 168 Å². The molecule has 0 aliphatic carbocycles. The fourth-order valence-electron chi connectivity index (χ4n) is 3.03. The first-order valence-electron chi connectivity index (χ1n) is 9.23. The molecule has 0 aliphatic heterocycles. The van der Waals surface area contributed by atoms with Crippen LogP contribution < -0.4 is 10.3 Å². The summed E-state index contributed by atoms with van der Waals surface area (Å²) in [6.07, 6.45) is 0.770. The smallest absolute Gasteiger partial charge is 0.258 e. The zero-order valence-corrected chi connectivity index (χ0v) is 16.6. The quantitative estimate of drug-likeness (QED) is 0.650. The monoisotopic (exact) mass is 399 g/mol. The van der Waals surface area contributed by atoms with Crippen molar-refractivity contribution in [1.82, 2.24) is 14.9 Å². The number of carbonyl (C=O) groups excluding carboxylic acids is 1. The van der Waals surface area contributed by atoms with E-state index in [4.69, 9.17) is 16.3 Å². The van der Waals surface area contributed by atoms with E-state index in [0.29, 0.717) is 46.2 Å². The Bertz CT molecular complexity index is 1050. The van der Waals surface area contributed by atoms with Crippen molar-refractivity contribution in [3.8, 4) is 5.75 Å². The molecular weight excluding hydrogens is 378 g/mol. The second-order valence-corrected chi connectivity index (χ2v) is 6.77. The van der Waals surface area contributed by atoms with Gasteiger partial charge in [-0.3, -0.25) is 9.59 Å². The van der Waals surface area contributed by atoms with Crippen LogP contribution in [0, 0.1) is 0 Å². The van der Waals surface area contributed by atoms with Gasteiger partial charge in [-0.25, -0.2) is 4.98 Å². The lowest BCUT2D eigenvalue weighted by molar-refractivity contribution is 0.0734. The molecule has 6 nitrogen and oxygen atoms in total. The van der Waals surface area contributed by atoms with E-state index in [1.54, 1.807) is 41.3 Å². The van der Waals surface area contributed by atoms with E-state index >= 15 is 0 Å². The molecule has 0 atom stereocenters. The van der Waals surface area contributed by atoms with Crippen LogP contribution in [0.4, 0.5) is 0 Å². The number of benzene rings is 2. The maximum atomic E-state index is 13.1. The molecule has 0 fully saturated rings. The third kappa shape index (κ3) is 4.34. The summed E-state index contributed by atoms with van der Waals surface area (Å²) in [6, 6.07) is 12.1. The fraction of sp³-hybridized carbons (Fsp3) is 0.286. The minimum Gasteiger partial charge on any atom is -0.493 e.